The lowest BCUT2D eigenvalue weighted by molar-refractivity contribution is -0.109. The van der Waals surface area contributed by atoms with Gasteiger partial charge in [-0.25, -0.2) is 0 Å². The zero-order valence-electron chi connectivity index (χ0n) is 12.3. The third kappa shape index (κ3) is 1.51. The molecule has 98 valence electrons. The zero-order chi connectivity index (χ0) is 13.0. The Balaban J connectivity index is 1.77. The number of hydrogen-bond acceptors (Lipinski definition) is 0. The molecule has 1 aromatic rings. The maximum atomic E-state index is 2.55. The molecule has 0 saturated heterocycles. The number of fused-ring (bicyclic) bond motifs is 1. The molecule has 0 bridgehead atoms. The number of rotatable bonds is 2. The number of hydrogen-bond donors (Lipinski definition) is 0. The van der Waals surface area contributed by atoms with Crippen LogP contribution < -0.4 is 0 Å². The Kier molecular flexibility index (Phi) is 2.63. The second-order valence-corrected chi connectivity index (χ2v) is 7.37. The Morgan fingerprint density at radius 2 is 1.78 bits per heavy atom. The van der Waals surface area contributed by atoms with Crippen LogP contribution in [0.1, 0.15) is 51.2 Å². The van der Waals surface area contributed by atoms with E-state index in [9.17, 15) is 0 Å². The molecule has 0 spiro atoms. The average molecular weight is 242 g/mol. The van der Waals surface area contributed by atoms with Crippen LogP contribution in [0.3, 0.4) is 0 Å². The van der Waals surface area contributed by atoms with E-state index < -0.39 is 0 Å². The summed E-state index contributed by atoms with van der Waals surface area (Å²) in [6.07, 6.45) is 5.62. The summed E-state index contributed by atoms with van der Waals surface area (Å²) in [7, 11) is 0. The summed E-state index contributed by atoms with van der Waals surface area (Å²) < 4.78 is 0. The molecule has 18 heavy (non-hydrogen) atoms. The van der Waals surface area contributed by atoms with Gasteiger partial charge in [0.05, 0.1) is 0 Å². The summed E-state index contributed by atoms with van der Waals surface area (Å²) in [4.78, 5) is 0. The summed E-state index contributed by atoms with van der Waals surface area (Å²) in [5.41, 5.74) is 4.15. The topological polar surface area (TPSA) is 0 Å². The fourth-order valence-corrected chi connectivity index (χ4v) is 4.82. The van der Waals surface area contributed by atoms with Crippen LogP contribution in [-0.2, 0) is 6.42 Å². The first-order valence-electron chi connectivity index (χ1n) is 7.51. The van der Waals surface area contributed by atoms with Gasteiger partial charge in [-0.15, -0.1) is 0 Å². The largest absolute Gasteiger partial charge is 0.0619 e. The van der Waals surface area contributed by atoms with Crippen LogP contribution in [0, 0.1) is 29.6 Å². The Morgan fingerprint density at radius 3 is 2.33 bits per heavy atom. The van der Waals surface area contributed by atoms with E-state index in [1.165, 1.54) is 36.8 Å². The monoisotopic (exact) mass is 242 g/mol. The molecule has 3 rings (SSSR count). The van der Waals surface area contributed by atoms with Gasteiger partial charge in [-0.05, 0) is 60.8 Å². The summed E-state index contributed by atoms with van der Waals surface area (Å²) in [6.45, 7) is 9.72. The Bertz CT molecular complexity index is 444. The average Bonchev–Trinajstić information content (AvgIpc) is 2.53. The highest BCUT2D eigenvalue weighted by Gasteiger charge is 2.63. The van der Waals surface area contributed by atoms with Gasteiger partial charge in [0.25, 0.3) is 0 Å². The van der Waals surface area contributed by atoms with Crippen LogP contribution in [0.4, 0.5) is 0 Å². The molecule has 2 saturated carbocycles. The first-order valence-corrected chi connectivity index (χ1v) is 7.51. The quantitative estimate of drug-likeness (QED) is 0.684. The molecule has 1 aromatic carbocycles. The van der Waals surface area contributed by atoms with Crippen molar-refractivity contribution in [2.75, 3.05) is 0 Å². The van der Waals surface area contributed by atoms with Gasteiger partial charge in [-0.2, -0.15) is 0 Å². The van der Waals surface area contributed by atoms with E-state index in [0.717, 1.165) is 11.8 Å². The lowest BCUT2D eigenvalue weighted by Crippen LogP contribution is -2.53. The minimum atomic E-state index is 0.608. The van der Waals surface area contributed by atoms with E-state index in [-0.39, 0.29) is 0 Å². The lowest BCUT2D eigenvalue weighted by atomic mass is 9.45. The Hall–Kier alpha value is -0.780. The number of benzene rings is 1. The van der Waals surface area contributed by atoms with Gasteiger partial charge < -0.3 is 0 Å². The molecule has 2 aliphatic carbocycles. The van der Waals surface area contributed by atoms with Crippen molar-refractivity contribution in [3.05, 3.63) is 35.4 Å². The zero-order valence-corrected chi connectivity index (χ0v) is 12.3. The summed E-state index contributed by atoms with van der Waals surface area (Å²) in [5, 5.41) is 0. The molecule has 2 fully saturated rings. The molecule has 0 aliphatic heterocycles. The van der Waals surface area contributed by atoms with E-state index in [4.69, 9.17) is 0 Å². The van der Waals surface area contributed by atoms with Crippen LogP contribution in [0.2, 0.25) is 0 Å². The van der Waals surface area contributed by atoms with E-state index in [0.29, 0.717) is 10.8 Å². The molecule has 4 atom stereocenters. The van der Waals surface area contributed by atoms with Crippen molar-refractivity contribution in [3.63, 3.8) is 0 Å². The number of aryl methyl sites for hydroxylation is 1. The summed E-state index contributed by atoms with van der Waals surface area (Å²) in [6, 6.07) is 9.18. The highest BCUT2D eigenvalue weighted by molar-refractivity contribution is 5.24. The minimum Gasteiger partial charge on any atom is -0.0619 e. The summed E-state index contributed by atoms with van der Waals surface area (Å²) >= 11 is 0. The molecule has 0 N–H and O–H groups in total. The second-order valence-electron chi connectivity index (χ2n) is 7.37. The fraction of sp³-hybridized carbons (Fsp3) is 0.667. The van der Waals surface area contributed by atoms with Crippen LogP contribution in [0.15, 0.2) is 24.3 Å². The molecule has 0 heteroatoms. The Labute approximate surface area is 112 Å². The van der Waals surface area contributed by atoms with Crippen LogP contribution >= 0.6 is 0 Å². The van der Waals surface area contributed by atoms with Crippen molar-refractivity contribution in [2.24, 2.45) is 22.7 Å². The normalized spacial score (nSPS) is 42.4. The highest BCUT2D eigenvalue weighted by atomic mass is 14.7. The van der Waals surface area contributed by atoms with Crippen molar-refractivity contribution in [3.8, 4) is 0 Å². The van der Waals surface area contributed by atoms with E-state index in [1.54, 1.807) is 0 Å². The fourth-order valence-electron chi connectivity index (χ4n) is 4.82. The third-order valence-corrected chi connectivity index (χ3v) is 6.64. The molecular formula is C18H26. The van der Waals surface area contributed by atoms with Crippen molar-refractivity contribution < 1.29 is 0 Å². The van der Waals surface area contributed by atoms with Crippen LogP contribution in [-0.4, -0.2) is 0 Å². The van der Waals surface area contributed by atoms with Crippen molar-refractivity contribution in [1.82, 2.24) is 0 Å². The molecule has 2 unspecified atom stereocenters. The van der Waals surface area contributed by atoms with Crippen molar-refractivity contribution in [2.45, 2.75) is 53.4 Å². The van der Waals surface area contributed by atoms with E-state index in [2.05, 4.69) is 52.0 Å². The van der Waals surface area contributed by atoms with Crippen molar-refractivity contribution in [1.29, 1.82) is 0 Å². The first-order chi connectivity index (χ1) is 8.46. The Morgan fingerprint density at radius 1 is 1.11 bits per heavy atom. The molecule has 0 heterocycles. The highest BCUT2D eigenvalue weighted by Crippen LogP contribution is 2.71. The smallest absolute Gasteiger partial charge is 0.0235 e. The SMILES string of the molecule is Cc1ccc(CC2CC[C@@]3(C)C(C)C[C@@]23C)cc1. The maximum absolute atomic E-state index is 2.55. The van der Waals surface area contributed by atoms with E-state index >= 15 is 0 Å². The van der Waals surface area contributed by atoms with Gasteiger partial charge in [-0.1, -0.05) is 50.6 Å². The van der Waals surface area contributed by atoms with Gasteiger partial charge in [0, 0.05) is 0 Å². The second kappa shape index (κ2) is 3.85. The summed E-state index contributed by atoms with van der Waals surface area (Å²) in [5.74, 6) is 1.84. The predicted octanol–water partition coefficient (Wildman–Crippen LogP) is 5.00. The molecule has 0 radical (unpaired) electrons. The van der Waals surface area contributed by atoms with Crippen LogP contribution in [0.25, 0.3) is 0 Å². The molecule has 0 nitrogen and oxygen atoms in total. The molecular weight excluding hydrogens is 216 g/mol. The van der Waals surface area contributed by atoms with Crippen molar-refractivity contribution >= 4 is 0 Å². The van der Waals surface area contributed by atoms with Crippen LogP contribution in [0.5, 0.6) is 0 Å². The lowest BCUT2D eigenvalue weighted by Gasteiger charge is -2.60. The molecule has 2 aliphatic rings. The van der Waals surface area contributed by atoms with Gasteiger partial charge in [0.1, 0.15) is 0 Å². The minimum absolute atomic E-state index is 0.608. The maximum Gasteiger partial charge on any atom is -0.0235 e. The standard InChI is InChI=1S/C18H26/c1-13-5-7-15(8-6-13)11-16-9-10-17(3)14(2)12-18(16,17)4/h5-8,14,16H,9-12H2,1-4H3/t14?,16?,17-,18-/m0/s1. The predicted molar refractivity (Wildman–Crippen MR) is 77.6 cm³/mol. The third-order valence-electron chi connectivity index (χ3n) is 6.64. The molecule has 0 amide bonds. The van der Waals surface area contributed by atoms with Gasteiger partial charge >= 0.3 is 0 Å². The first kappa shape index (κ1) is 12.3. The van der Waals surface area contributed by atoms with Gasteiger partial charge in [0.2, 0.25) is 0 Å². The van der Waals surface area contributed by atoms with Gasteiger partial charge in [0.15, 0.2) is 0 Å². The van der Waals surface area contributed by atoms with Gasteiger partial charge in [-0.3, -0.25) is 0 Å². The molecule has 0 aromatic heterocycles. The van der Waals surface area contributed by atoms with E-state index in [1.807, 2.05) is 0 Å².